The highest BCUT2D eigenvalue weighted by molar-refractivity contribution is 14.1. The zero-order chi connectivity index (χ0) is 19.1. The summed E-state index contributed by atoms with van der Waals surface area (Å²) in [4.78, 5) is 12.5. The molecule has 2 rings (SSSR count). The number of hydrogen-bond acceptors (Lipinski definition) is 3. The van der Waals surface area contributed by atoms with Crippen molar-refractivity contribution in [1.82, 2.24) is 0 Å². The van der Waals surface area contributed by atoms with E-state index < -0.39 is 5.91 Å². The minimum absolute atomic E-state index is 0.0269. The molecule has 0 aliphatic heterocycles. The maximum atomic E-state index is 12.5. The number of terminal acetylenes is 1. The zero-order valence-corrected chi connectivity index (χ0v) is 16.6. The number of hydrogen-bond donors (Lipinski definition) is 1. The largest absolute Gasteiger partial charge is 0.480 e. The highest BCUT2D eigenvalue weighted by Crippen LogP contribution is 2.24. The van der Waals surface area contributed by atoms with Crippen LogP contribution in [0.3, 0.4) is 0 Å². The van der Waals surface area contributed by atoms with Crippen LogP contribution in [-0.2, 0) is 4.79 Å². The van der Waals surface area contributed by atoms with Crippen LogP contribution in [0.2, 0.25) is 0 Å². The van der Waals surface area contributed by atoms with Crippen molar-refractivity contribution in [1.29, 1.82) is 5.26 Å². The maximum absolute atomic E-state index is 12.5. The van der Waals surface area contributed by atoms with Gasteiger partial charge in [-0.2, -0.15) is 5.26 Å². The molecule has 4 nitrogen and oxygen atoms in total. The van der Waals surface area contributed by atoms with Crippen LogP contribution in [0, 0.1) is 41.1 Å². The van der Waals surface area contributed by atoms with Gasteiger partial charge in [0.1, 0.15) is 24.0 Å². The van der Waals surface area contributed by atoms with Crippen LogP contribution < -0.4 is 10.1 Å². The summed E-state index contributed by atoms with van der Waals surface area (Å²) in [7, 11) is 0. The lowest BCUT2D eigenvalue weighted by Crippen LogP contribution is -2.14. The Bertz CT molecular complexity index is 949. The Morgan fingerprint density at radius 2 is 2.08 bits per heavy atom. The number of carbonyl (C=O) groups excluding carboxylic acids is 1. The molecule has 1 N–H and O–H groups in total. The van der Waals surface area contributed by atoms with Crippen LogP contribution in [0.1, 0.15) is 16.7 Å². The summed E-state index contributed by atoms with van der Waals surface area (Å²) in [6, 6.07) is 13.1. The number of aryl methyl sites for hydroxylation is 2. The monoisotopic (exact) mass is 456 g/mol. The number of nitrogens with one attached hydrogen (secondary N) is 1. The molecule has 0 aliphatic carbocycles. The molecule has 130 valence electrons. The summed E-state index contributed by atoms with van der Waals surface area (Å²) < 4.78 is 6.26. The second-order valence-electron chi connectivity index (χ2n) is 5.62. The van der Waals surface area contributed by atoms with Crippen molar-refractivity contribution in [3.05, 3.63) is 62.2 Å². The second kappa shape index (κ2) is 9.07. The normalized spacial score (nSPS) is 10.6. The third-order valence-corrected chi connectivity index (χ3v) is 4.43. The van der Waals surface area contributed by atoms with E-state index in [4.69, 9.17) is 11.2 Å². The van der Waals surface area contributed by atoms with Gasteiger partial charge in [-0.3, -0.25) is 4.79 Å². The molecular weight excluding hydrogens is 439 g/mol. The summed E-state index contributed by atoms with van der Waals surface area (Å²) in [6.45, 7) is 4.04. The van der Waals surface area contributed by atoms with Gasteiger partial charge in [0.25, 0.3) is 5.91 Å². The second-order valence-corrected chi connectivity index (χ2v) is 6.79. The summed E-state index contributed by atoms with van der Waals surface area (Å²) in [5.41, 5.74) is 3.43. The molecule has 0 heterocycles. The first-order valence-corrected chi connectivity index (χ1v) is 8.88. The molecule has 0 radical (unpaired) electrons. The van der Waals surface area contributed by atoms with E-state index >= 15 is 0 Å². The molecule has 0 aliphatic rings. The van der Waals surface area contributed by atoms with Gasteiger partial charge in [0, 0.05) is 5.69 Å². The van der Waals surface area contributed by atoms with Gasteiger partial charge >= 0.3 is 0 Å². The van der Waals surface area contributed by atoms with E-state index in [9.17, 15) is 10.1 Å². The van der Waals surface area contributed by atoms with Crippen molar-refractivity contribution in [2.75, 3.05) is 11.9 Å². The SMILES string of the molecule is C#CCOc1ccc(/C=C(\C#N)C(=O)Nc2cc(C)ccc2C)cc1I. The van der Waals surface area contributed by atoms with Crippen LogP contribution in [-0.4, -0.2) is 12.5 Å². The fourth-order valence-corrected chi connectivity index (χ4v) is 2.91. The van der Waals surface area contributed by atoms with E-state index in [1.54, 1.807) is 18.2 Å². The predicted molar refractivity (Wildman–Crippen MR) is 112 cm³/mol. The topological polar surface area (TPSA) is 62.1 Å². The minimum Gasteiger partial charge on any atom is -0.480 e. The number of nitrogens with zero attached hydrogens (tertiary/aromatic N) is 1. The van der Waals surface area contributed by atoms with Gasteiger partial charge in [0.2, 0.25) is 0 Å². The lowest BCUT2D eigenvalue weighted by molar-refractivity contribution is -0.112. The lowest BCUT2D eigenvalue weighted by Gasteiger charge is -2.09. The maximum Gasteiger partial charge on any atom is 0.266 e. The first-order valence-electron chi connectivity index (χ1n) is 7.81. The van der Waals surface area contributed by atoms with Gasteiger partial charge in [-0.1, -0.05) is 24.1 Å². The molecule has 0 saturated heterocycles. The molecule has 26 heavy (non-hydrogen) atoms. The molecular formula is C21H17IN2O2. The Morgan fingerprint density at radius 1 is 1.31 bits per heavy atom. The van der Waals surface area contributed by atoms with E-state index in [1.807, 2.05) is 44.2 Å². The van der Waals surface area contributed by atoms with Gasteiger partial charge < -0.3 is 10.1 Å². The first-order chi connectivity index (χ1) is 12.4. The number of halogens is 1. The highest BCUT2D eigenvalue weighted by atomic mass is 127. The predicted octanol–water partition coefficient (Wildman–Crippen LogP) is 4.47. The fraction of sp³-hybridized carbons (Fsp3) is 0.143. The van der Waals surface area contributed by atoms with Gasteiger partial charge in [0.05, 0.1) is 3.57 Å². The molecule has 1 amide bonds. The van der Waals surface area contributed by atoms with Crippen molar-refractivity contribution in [2.24, 2.45) is 0 Å². The molecule has 0 saturated carbocycles. The Balaban J connectivity index is 2.23. The summed E-state index contributed by atoms with van der Waals surface area (Å²) in [5.74, 6) is 2.64. The van der Waals surface area contributed by atoms with E-state index in [0.717, 1.165) is 20.3 Å². The quantitative estimate of drug-likeness (QED) is 0.313. The molecule has 0 aromatic heterocycles. The van der Waals surface area contributed by atoms with Gasteiger partial charge in [-0.05, 0) is 77.4 Å². The Kier molecular flexibility index (Phi) is 6.82. The Morgan fingerprint density at radius 3 is 2.73 bits per heavy atom. The Hall–Kier alpha value is -2.77. The lowest BCUT2D eigenvalue weighted by atomic mass is 10.1. The zero-order valence-electron chi connectivity index (χ0n) is 14.5. The number of anilines is 1. The molecule has 0 bridgehead atoms. The van der Waals surface area contributed by atoms with E-state index in [-0.39, 0.29) is 12.2 Å². The number of nitriles is 1. The van der Waals surface area contributed by atoms with Crippen molar-refractivity contribution < 1.29 is 9.53 Å². The molecule has 0 fully saturated rings. The van der Waals surface area contributed by atoms with Crippen molar-refractivity contribution >= 4 is 40.3 Å². The Labute approximate surface area is 167 Å². The summed E-state index contributed by atoms with van der Waals surface area (Å²) in [6.07, 6.45) is 6.74. The fourth-order valence-electron chi connectivity index (χ4n) is 2.22. The first kappa shape index (κ1) is 19.6. The number of rotatable bonds is 5. The third kappa shape index (κ3) is 5.11. The van der Waals surface area contributed by atoms with Crippen LogP contribution >= 0.6 is 22.6 Å². The van der Waals surface area contributed by atoms with Gasteiger partial charge in [-0.15, -0.1) is 6.42 Å². The summed E-state index contributed by atoms with van der Waals surface area (Å²) >= 11 is 2.12. The molecule has 0 unspecified atom stereocenters. The van der Waals surface area contributed by atoms with Gasteiger partial charge in [-0.25, -0.2) is 0 Å². The van der Waals surface area contributed by atoms with Crippen LogP contribution in [0.4, 0.5) is 5.69 Å². The molecule has 0 spiro atoms. The smallest absolute Gasteiger partial charge is 0.266 e. The van der Waals surface area contributed by atoms with Crippen molar-refractivity contribution in [2.45, 2.75) is 13.8 Å². The average molecular weight is 456 g/mol. The van der Waals surface area contributed by atoms with Crippen molar-refractivity contribution in [3.63, 3.8) is 0 Å². The van der Waals surface area contributed by atoms with Crippen LogP contribution in [0.25, 0.3) is 6.08 Å². The number of carbonyl (C=O) groups is 1. The van der Waals surface area contributed by atoms with E-state index in [0.29, 0.717) is 11.4 Å². The molecule has 0 atom stereocenters. The van der Waals surface area contributed by atoms with E-state index in [1.165, 1.54) is 0 Å². The molecule has 2 aromatic rings. The highest BCUT2D eigenvalue weighted by Gasteiger charge is 2.11. The standard InChI is InChI=1S/C21H17IN2O2/c1-4-9-26-20-8-7-16(12-18(20)22)11-17(13-23)21(25)24-19-10-14(2)5-6-15(19)3/h1,5-8,10-12H,9H2,2-3H3,(H,24,25)/b17-11+. The number of ether oxygens (including phenoxy) is 1. The molecule has 2 aromatic carbocycles. The number of benzene rings is 2. The van der Waals surface area contributed by atoms with Gasteiger partial charge in [0.15, 0.2) is 0 Å². The van der Waals surface area contributed by atoms with Crippen LogP contribution in [0.5, 0.6) is 5.75 Å². The number of amides is 1. The average Bonchev–Trinajstić information content (AvgIpc) is 2.62. The minimum atomic E-state index is -0.441. The van der Waals surface area contributed by atoms with Crippen molar-refractivity contribution in [3.8, 4) is 24.2 Å². The van der Waals surface area contributed by atoms with E-state index in [2.05, 4.69) is 33.8 Å². The third-order valence-electron chi connectivity index (χ3n) is 3.58. The summed E-state index contributed by atoms with van der Waals surface area (Å²) in [5, 5.41) is 12.2. The van der Waals surface area contributed by atoms with Crippen LogP contribution in [0.15, 0.2) is 42.0 Å². The molecule has 5 heteroatoms.